The number of carbonyl (C=O) groups excluding carboxylic acids is 1. The SMILES string of the molecule is CC(Cc1cccs1)NC(=O)c1[nH]ncc1N. The first-order chi connectivity index (χ1) is 8.16. The van der Waals surface area contributed by atoms with Gasteiger partial charge in [-0.25, -0.2) is 0 Å². The van der Waals surface area contributed by atoms with Crippen molar-refractivity contribution < 1.29 is 4.79 Å². The van der Waals surface area contributed by atoms with E-state index in [1.54, 1.807) is 11.3 Å². The first-order valence-electron chi connectivity index (χ1n) is 5.29. The fraction of sp³-hybridized carbons (Fsp3) is 0.273. The minimum atomic E-state index is -0.218. The Bertz CT molecular complexity index is 491. The van der Waals surface area contributed by atoms with Gasteiger partial charge in [0.15, 0.2) is 0 Å². The van der Waals surface area contributed by atoms with Gasteiger partial charge in [0.25, 0.3) is 5.91 Å². The van der Waals surface area contributed by atoms with E-state index in [0.29, 0.717) is 11.4 Å². The Morgan fingerprint density at radius 3 is 3.12 bits per heavy atom. The topological polar surface area (TPSA) is 83.8 Å². The van der Waals surface area contributed by atoms with E-state index in [1.165, 1.54) is 11.1 Å². The number of nitrogens with zero attached hydrogens (tertiary/aromatic N) is 1. The number of H-pyrrole nitrogens is 1. The number of nitrogens with one attached hydrogen (secondary N) is 2. The summed E-state index contributed by atoms with van der Waals surface area (Å²) in [5.41, 5.74) is 6.29. The van der Waals surface area contributed by atoms with E-state index < -0.39 is 0 Å². The minimum Gasteiger partial charge on any atom is -0.396 e. The van der Waals surface area contributed by atoms with E-state index in [0.717, 1.165) is 6.42 Å². The van der Waals surface area contributed by atoms with Crippen molar-refractivity contribution in [1.82, 2.24) is 15.5 Å². The van der Waals surface area contributed by atoms with Crippen molar-refractivity contribution in [3.05, 3.63) is 34.3 Å². The van der Waals surface area contributed by atoms with Gasteiger partial charge in [-0.1, -0.05) is 6.07 Å². The molecule has 17 heavy (non-hydrogen) atoms. The molecule has 90 valence electrons. The lowest BCUT2D eigenvalue weighted by molar-refractivity contribution is 0.0936. The Hall–Kier alpha value is -1.82. The van der Waals surface area contributed by atoms with Gasteiger partial charge in [-0.2, -0.15) is 5.10 Å². The second-order valence-electron chi connectivity index (χ2n) is 3.86. The van der Waals surface area contributed by atoms with Crippen LogP contribution in [-0.4, -0.2) is 22.1 Å². The molecule has 0 bridgehead atoms. The molecule has 2 aromatic rings. The average molecular weight is 250 g/mol. The number of hydrogen-bond acceptors (Lipinski definition) is 4. The van der Waals surface area contributed by atoms with Crippen LogP contribution in [0.1, 0.15) is 22.3 Å². The Labute approximate surface area is 103 Å². The van der Waals surface area contributed by atoms with Crippen LogP contribution in [0, 0.1) is 0 Å². The molecule has 0 spiro atoms. The van der Waals surface area contributed by atoms with Gasteiger partial charge in [-0.15, -0.1) is 11.3 Å². The third kappa shape index (κ3) is 2.85. The average Bonchev–Trinajstić information content (AvgIpc) is 2.88. The molecule has 2 rings (SSSR count). The highest BCUT2D eigenvalue weighted by molar-refractivity contribution is 7.09. The van der Waals surface area contributed by atoms with Gasteiger partial charge in [-0.3, -0.25) is 9.89 Å². The Morgan fingerprint density at radius 1 is 1.71 bits per heavy atom. The molecule has 2 heterocycles. The van der Waals surface area contributed by atoms with Crippen LogP contribution in [0.3, 0.4) is 0 Å². The van der Waals surface area contributed by atoms with Crippen molar-refractivity contribution in [1.29, 1.82) is 0 Å². The summed E-state index contributed by atoms with van der Waals surface area (Å²) in [6.45, 7) is 1.96. The zero-order chi connectivity index (χ0) is 12.3. The zero-order valence-corrected chi connectivity index (χ0v) is 10.3. The van der Waals surface area contributed by atoms with Crippen molar-refractivity contribution in [2.45, 2.75) is 19.4 Å². The Morgan fingerprint density at radius 2 is 2.53 bits per heavy atom. The molecule has 0 fully saturated rings. The van der Waals surface area contributed by atoms with E-state index in [4.69, 9.17) is 5.73 Å². The van der Waals surface area contributed by atoms with Gasteiger partial charge < -0.3 is 11.1 Å². The van der Waals surface area contributed by atoms with Crippen LogP contribution in [0.25, 0.3) is 0 Å². The van der Waals surface area contributed by atoms with Crippen molar-refractivity contribution >= 4 is 22.9 Å². The molecule has 0 saturated carbocycles. The molecule has 4 N–H and O–H groups in total. The van der Waals surface area contributed by atoms with Crippen LogP contribution in [-0.2, 0) is 6.42 Å². The molecular weight excluding hydrogens is 236 g/mol. The highest BCUT2D eigenvalue weighted by Crippen LogP contribution is 2.12. The number of aromatic nitrogens is 2. The number of rotatable bonds is 4. The first-order valence-corrected chi connectivity index (χ1v) is 6.17. The second-order valence-corrected chi connectivity index (χ2v) is 4.89. The Kier molecular flexibility index (Phi) is 3.43. The van der Waals surface area contributed by atoms with Gasteiger partial charge >= 0.3 is 0 Å². The fourth-order valence-electron chi connectivity index (χ4n) is 1.55. The molecule has 0 radical (unpaired) electrons. The largest absolute Gasteiger partial charge is 0.396 e. The highest BCUT2D eigenvalue weighted by Gasteiger charge is 2.14. The van der Waals surface area contributed by atoms with Crippen LogP contribution in [0.4, 0.5) is 5.69 Å². The van der Waals surface area contributed by atoms with Gasteiger partial charge in [0.2, 0.25) is 0 Å². The third-order valence-corrected chi connectivity index (χ3v) is 3.26. The second kappa shape index (κ2) is 5.01. The fourth-order valence-corrected chi connectivity index (χ4v) is 2.39. The lowest BCUT2D eigenvalue weighted by Gasteiger charge is -2.12. The van der Waals surface area contributed by atoms with E-state index in [-0.39, 0.29) is 11.9 Å². The third-order valence-electron chi connectivity index (χ3n) is 2.36. The summed E-state index contributed by atoms with van der Waals surface area (Å²) in [5.74, 6) is -0.218. The maximum absolute atomic E-state index is 11.8. The molecule has 0 aliphatic heterocycles. The first kappa shape index (κ1) is 11.7. The predicted molar refractivity (Wildman–Crippen MR) is 68.0 cm³/mol. The van der Waals surface area contributed by atoms with Crippen LogP contribution >= 0.6 is 11.3 Å². The van der Waals surface area contributed by atoms with Gasteiger partial charge in [0, 0.05) is 17.3 Å². The van der Waals surface area contributed by atoms with Crippen molar-refractivity contribution in [2.24, 2.45) is 0 Å². The smallest absolute Gasteiger partial charge is 0.271 e. The molecule has 0 aromatic carbocycles. The van der Waals surface area contributed by atoms with Crippen molar-refractivity contribution in [2.75, 3.05) is 5.73 Å². The van der Waals surface area contributed by atoms with E-state index >= 15 is 0 Å². The molecule has 5 nitrogen and oxygen atoms in total. The quantitative estimate of drug-likeness (QED) is 0.767. The lowest BCUT2D eigenvalue weighted by Crippen LogP contribution is -2.34. The van der Waals surface area contributed by atoms with E-state index in [2.05, 4.69) is 21.6 Å². The van der Waals surface area contributed by atoms with E-state index in [1.807, 2.05) is 18.4 Å². The Balaban J connectivity index is 1.93. The minimum absolute atomic E-state index is 0.0591. The summed E-state index contributed by atoms with van der Waals surface area (Å²) in [7, 11) is 0. The predicted octanol–water partition coefficient (Wildman–Crippen LogP) is 1.41. The van der Waals surface area contributed by atoms with Crippen LogP contribution in [0.5, 0.6) is 0 Å². The van der Waals surface area contributed by atoms with Crippen LogP contribution < -0.4 is 11.1 Å². The number of aromatic amines is 1. The van der Waals surface area contributed by atoms with Crippen LogP contribution in [0.15, 0.2) is 23.7 Å². The number of nitrogens with two attached hydrogens (primary N) is 1. The normalized spacial score (nSPS) is 12.3. The number of carbonyl (C=O) groups is 1. The molecule has 6 heteroatoms. The molecule has 1 amide bonds. The molecular formula is C11H14N4OS. The summed E-state index contributed by atoms with van der Waals surface area (Å²) >= 11 is 1.68. The number of hydrogen-bond donors (Lipinski definition) is 3. The monoisotopic (exact) mass is 250 g/mol. The summed E-state index contributed by atoms with van der Waals surface area (Å²) in [6, 6.07) is 4.11. The highest BCUT2D eigenvalue weighted by atomic mass is 32.1. The lowest BCUT2D eigenvalue weighted by atomic mass is 10.2. The molecule has 2 aromatic heterocycles. The zero-order valence-electron chi connectivity index (χ0n) is 9.43. The molecule has 0 aliphatic rings. The van der Waals surface area contributed by atoms with Crippen molar-refractivity contribution in [3.8, 4) is 0 Å². The summed E-state index contributed by atoms with van der Waals surface area (Å²) in [6.07, 6.45) is 2.25. The molecule has 1 atom stereocenters. The number of amides is 1. The summed E-state index contributed by atoms with van der Waals surface area (Å²) < 4.78 is 0. The number of anilines is 1. The maximum Gasteiger partial charge on any atom is 0.271 e. The summed E-state index contributed by atoms with van der Waals surface area (Å²) in [5, 5.41) is 11.2. The number of thiophene rings is 1. The molecule has 1 unspecified atom stereocenters. The van der Waals surface area contributed by atoms with Gasteiger partial charge in [-0.05, 0) is 18.4 Å². The summed E-state index contributed by atoms with van der Waals surface area (Å²) in [4.78, 5) is 13.1. The standard InChI is InChI=1S/C11H14N4OS/c1-7(5-8-3-2-4-17-8)14-11(16)10-9(12)6-13-15-10/h2-4,6-7H,5,12H2,1H3,(H,13,15)(H,14,16). The molecule has 0 aliphatic carbocycles. The maximum atomic E-state index is 11.8. The van der Waals surface area contributed by atoms with Crippen LogP contribution in [0.2, 0.25) is 0 Å². The van der Waals surface area contributed by atoms with Gasteiger partial charge in [0.1, 0.15) is 5.69 Å². The van der Waals surface area contributed by atoms with Gasteiger partial charge in [0.05, 0.1) is 11.9 Å². The molecule has 0 saturated heterocycles. The number of nitrogen functional groups attached to an aromatic ring is 1. The van der Waals surface area contributed by atoms with Crippen molar-refractivity contribution in [3.63, 3.8) is 0 Å². The van der Waals surface area contributed by atoms with E-state index in [9.17, 15) is 4.79 Å².